The molecule has 23 heteroatoms. The normalized spacial score (nSPS) is 13.0. The van der Waals surface area contributed by atoms with Crippen LogP contribution in [0.3, 0.4) is 0 Å². The standard InChI is InChI=1S/C17H38O3Si2.C14H28O2.C12H14F3NO3S.C11H22O4.C2H6O2Si.K/c1-9-11-14-21(5,6)20-22(7,8)15-12-13-19-16(18)17(3,4)10-2;1-6-10-14(5,7-2)13(15)16-11-8-9-12(3)4;1-3-8(2)9-4-6-10(7-5-9)11(17)16-20(18,19)12(13,14)15;1-4-10(3)11(12)15-9-8-14-7-6-13-5-2;1-4-5(2)3;/h9-15H2,1-8H3;12H,6-11H2,1-5H3;4-8H,3H2,1-2H3,(H,16,17);10H,4-9H2,1-3H3;1-2H3;/q;;;;;+1/p-1. The third kappa shape index (κ3) is 44.8. The molecular weight excluding hydrogens is 1120 g/mol. The second-order valence-corrected chi connectivity index (χ2v) is 33.6. The van der Waals surface area contributed by atoms with E-state index in [1.54, 1.807) is 18.7 Å². The number of benzene rings is 1. The summed E-state index contributed by atoms with van der Waals surface area (Å²) in [5.74, 6) is -0.770. The van der Waals surface area contributed by atoms with Gasteiger partial charge in [0.1, 0.15) is 6.61 Å². The van der Waals surface area contributed by atoms with Gasteiger partial charge in [-0.1, -0.05) is 113 Å². The third-order valence-corrected chi connectivity index (χ3v) is 21.8. The number of ether oxygens (including phenoxy) is 5. The Hall–Kier alpha value is -1.39. The number of amides is 1. The Morgan fingerprint density at radius 2 is 1.18 bits per heavy atom. The van der Waals surface area contributed by atoms with Crippen LogP contribution in [0.25, 0.3) is 4.72 Å². The summed E-state index contributed by atoms with van der Waals surface area (Å²) in [5.41, 5.74) is -5.50. The number of esters is 3. The van der Waals surface area contributed by atoms with Crippen molar-refractivity contribution in [3.63, 3.8) is 0 Å². The number of hydrogen-bond acceptors (Lipinski definition) is 14. The molecule has 3 unspecified atom stereocenters. The van der Waals surface area contributed by atoms with Gasteiger partial charge in [-0.15, -0.1) is 0 Å². The van der Waals surface area contributed by atoms with E-state index in [0.29, 0.717) is 52.2 Å². The Morgan fingerprint density at radius 1 is 0.684 bits per heavy atom. The number of alkyl halides is 3. The molecule has 3 atom stereocenters. The number of halogens is 3. The van der Waals surface area contributed by atoms with E-state index in [4.69, 9.17) is 27.8 Å². The molecule has 460 valence electrons. The van der Waals surface area contributed by atoms with Crippen molar-refractivity contribution in [2.45, 2.75) is 224 Å². The Labute approximate surface area is 523 Å². The molecule has 0 aromatic heterocycles. The minimum atomic E-state index is -5.80. The quantitative estimate of drug-likeness (QED) is 0.0279. The number of sulfonamides is 1. The first-order chi connectivity index (χ1) is 36.0. The van der Waals surface area contributed by atoms with Gasteiger partial charge < -0.3 is 46.2 Å². The Kier molecular flexibility index (Phi) is 51.3. The Morgan fingerprint density at radius 3 is 1.61 bits per heavy atom. The fraction of sp³-hybridized carbons (Fsp3) is 0.821. The molecule has 1 aromatic rings. The van der Waals surface area contributed by atoms with Gasteiger partial charge in [-0.3, -0.25) is 14.4 Å². The first-order valence-electron chi connectivity index (χ1n) is 28.1. The van der Waals surface area contributed by atoms with Crippen molar-refractivity contribution in [2.75, 3.05) is 53.4 Å². The first-order valence-corrected chi connectivity index (χ1v) is 37.6. The van der Waals surface area contributed by atoms with Crippen LogP contribution < -0.4 is 51.4 Å². The fourth-order valence-electron chi connectivity index (χ4n) is 6.54. The zero-order chi connectivity index (χ0) is 61.4. The van der Waals surface area contributed by atoms with Gasteiger partial charge in [-0.05, 0) is 140 Å². The molecule has 0 radical (unpaired) electrons. The van der Waals surface area contributed by atoms with Crippen molar-refractivity contribution < 1.29 is 129 Å². The van der Waals surface area contributed by atoms with Crippen LogP contribution in [-0.2, 0) is 61.1 Å². The van der Waals surface area contributed by atoms with Gasteiger partial charge in [-0.2, -0.15) is 13.2 Å². The number of unbranched alkanes of at least 4 members (excludes halogenated alkanes) is 1. The molecule has 15 nitrogen and oxygen atoms in total. The van der Waals surface area contributed by atoms with Gasteiger partial charge in [-0.25, -0.2) is 8.42 Å². The van der Waals surface area contributed by atoms with E-state index < -0.39 is 47.0 Å². The Bertz CT molecular complexity index is 1900. The average Bonchev–Trinajstić information content (AvgIpc) is 3.37. The predicted octanol–water partition coefficient (Wildman–Crippen LogP) is 12.1. The SMILES string of the molecule is CCC(C)c1ccc(C(=O)[N-]S(=O)(=O)C(F)(F)F)cc1.CCCC(C)(CC)C(=O)OCCCC(C)C.CCCC[Si](C)(C)O[Si](C)(C)CCCOC(=O)C(C)(C)CC.CCOCCOCCOC(=O)C(C)CC.CO[Si](C)=O.[K+]. The smallest absolute Gasteiger partial charge is 0.534 e. The molecule has 0 saturated heterocycles. The average molecular weight is 1230 g/mol. The van der Waals surface area contributed by atoms with Crippen LogP contribution in [-0.4, -0.2) is 117 Å². The van der Waals surface area contributed by atoms with Crippen LogP contribution in [0.15, 0.2) is 24.3 Å². The molecule has 1 amide bonds. The van der Waals surface area contributed by atoms with Crippen molar-refractivity contribution in [3.8, 4) is 0 Å². The van der Waals surface area contributed by atoms with E-state index in [9.17, 15) is 45.2 Å². The fourth-order valence-corrected chi connectivity index (χ4v) is 16.0. The van der Waals surface area contributed by atoms with E-state index in [0.717, 1.165) is 69.4 Å². The van der Waals surface area contributed by atoms with Gasteiger partial charge in [0.2, 0.25) is 0 Å². The molecule has 0 saturated carbocycles. The summed E-state index contributed by atoms with van der Waals surface area (Å²) in [6.07, 6.45) is 10.8. The van der Waals surface area contributed by atoms with Gasteiger partial charge in [0.15, 0.2) is 26.7 Å². The molecule has 1 aromatic carbocycles. The summed E-state index contributed by atoms with van der Waals surface area (Å²) >= 11 is 0. The first kappa shape index (κ1) is 86.4. The third-order valence-electron chi connectivity index (χ3n) is 12.7. The van der Waals surface area contributed by atoms with Crippen LogP contribution in [0.4, 0.5) is 13.2 Å². The molecule has 0 spiro atoms. The second kappa shape index (κ2) is 46.9. The maximum atomic E-state index is 12.1. The van der Waals surface area contributed by atoms with Gasteiger partial charge in [0, 0.05) is 13.2 Å². The maximum Gasteiger partial charge on any atom is 1.00 e. The van der Waals surface area contributed by atoms with E-state index in [1.807, 2.05) is 62.3 Å². The summed E-state index contributed by atoms with van der Waals surface area (Å²) in [7, 11) is -9.16. The van der Waals surface area contributed by atoms with E-state index in [2.05, 4.69) is 70.0 Å². The van der Waals surface area contributed by atoms with Crippen LogP contribution in [0.5, 0.6) is 0 Å². The molecular formula is C56H107F3KNO14SSi3. The van der Waals surface area contributed by atoms with Crippen molar-refractivity contribution in [1.29, 1.82) is 0 Å². The van der Waals surface area contributed by atoms with Crippen LogP contribution in [0, 0.1) is 22.7 Å². The minimum absolute atomic E-state index is 0. The van der Waals surface area contributed by atoms with E-state index in [-0.39, 0.29) is 97.5 Å². The molecule has 0 bridgehead atoms. The zero-order valence-electron chi connectivity index (χ0n) is 52.9. The number of carbonyl (C=O) groups excluding carboxylic acids is 4. The van der Waals surface area contributed by atoms with E-state index in [1.165, 1.54) is 38.1 Å². The summed E-state index contributed by atoms with van der Waals surface area (Å²) in [6.45, 7) is 42.9. The van der Waals surface area contributed by atoms with Crippen molar-refractivity contribution in [2.24, 2.45) is 22.7 Å². The molecule has 0 aliphatic heterocycles. The molecule has 0 heterocycles. The van der Waals surface area contributed by atoms with Gasteiger partial charge in [0.25, 0.3) is 0 Å². The minimum Gasteiger partial charge on any atom is -0.534 e. The molecule has 0 fully saturated rings. The molecule has 0 aliphatic rings. The zero-order valence-corrected chi connectivity index (χ0v) is 59.8. The number of carbonyl (C=O) groups is 4. The summed E-state index contributed by atoms with van der Waals surface area (Å²) < 4.78 is 107. The number of nitrogens with zero attached hydrogens (tertiary/aromatic N) is 1. The molecule has 0 N–H and O–H groups in total. The second-order valence-electron chi connectivity index (χ2n) is 21.8. The van der Waals surface area contributed by atoms with Crippen LogP contribution in [0.2, 0.25) is 44.8 Å². The maximum absolute atomic E-state index is 12.1. The topological polar surface area (TPSA) is 198 Å². The van der Waals surface area contributed by atoms with Crippen molar-refractivity contribution in [3.05, 3.63) is 40.1 Å². The van der Waals surface area contributed by atoms with E-state index >= 15 is 0 Å². The predicted molar refractivity (Wildman–Crippen MR) is 313 cm³/mol. The van der Waals surface area contributed by atoms with Crippen molar-refractivity contribution in [1.82, 2.24) is 0 Å². The largest absolute Gasteiger partial charge is 1.00 e. The summed E-state index contributed by atoms with van der Waals surface area (Å²) in [4.78, 5) is 46.5. The summed E-state index contributed by atoms with van der Waals surface area (Å²) in [5, 5.41) is 0. The molecule has 1 rings (SSSR count). The van der Waals surface area contributed by atoms with Crippen LogP contribution in [0.1, 0.15) is 189 Å². The van der Waals surface area contributed by atoms with Crippen LogP contribution >= 0.6 is 0 Å². The molecule has 79 heavy (non-hydrogen) atoms. The van der Waals surface area contributed by atoms with Gasteiger partial charge in [0.05, 0.1) is 62.8 Å². The number of rotatable bonds is 33. The summed E-state index contributed by atoms with van der Waals surface area (Å²) in [6, 6.07) is 7.97. The number of hydrogen-bond donors (Lipinski definition) is 0. The van der Waals surface area contributed by atoms with Gasteiger partial charge >= 0.3 is 83.7 Å². The Balaban J connectivity index is -0.000000301. The monoisotopic (exact) mass is 1230 g/mol. The van der Waals surface area contributed by atoms with Crippen molar-refractivity contribution >= 4 is 59.4 Å². The molecule has 0 aliphatic carbocycles.